The number of aromatic carboxylic acids is 1. The van der Waals surface area contributed by atoms with Gasteiger partial charge in [0.05, 0.1) is 6.20 Å². The summed E-state index contributed by atoms with van der Waals surface area (Å²) in [5.41, 5.74) is -0.455. The molecule has 0 fully saturated rings. The molecular formula is C11H10N2O3S. The van der Waals surface area contributed by atoms with Crippen molar-refractivity contribution in [1.82, 2.24) is 9.78 Å². The minimum absolute atomic E-state index is 0.232. The van der Waals surface area contributed by atoms with E-state index in [9.17, 15) is 9.59 Å². The van der Waals surface area contributed by atoms with Crippen LogP contribution in [0.3, 0.4) is 0 Å². The lowest BCUT2D eigenvalue weighted by atomic mass is 10.1. The van der Waals surface area contributed by atoms with Gasteiger partial charge in [-0.1, -0.05) is 0 Å². The molecule has 2 aromatic heterocycles. The Bertz CT molecular complexity index is 642. The Morgan fingerprint density at radius 3 is 2.71 bits per heavy atom. The Labute approximate surface area is 101 Å². The summed E-state index contributed by atoms with van der Waals surface area (Å²) in [6.07, 6.45) is 1.41. The van der Waals surface area contributed by atoms with Crippen LogP contribution in [0.4, 0.5) is 0 Å². The third-order valence-electron chi connectivity index (χ3n) is 2.36. The lowest BCUT2D eigenvalue weighted by Gasteiger charge is -2.04. The second-order valence-electron chi connectivity index (χ2n) is 3.58. The van der Waals surface area contributed by atoms with Gasteiger partial charge in [0, 0.05) is 22.4 Å². The van der Waals surface area contributed by atoms with E-state index in [4.69, 9.17) is 5.11 Å². The minimum Gasteiger partial charge on any atom is -0.477 e. The number of carbonyl (C=O) groups is 1. The van der Waals surface area contributed by atoms with Gasteiger partial charge in [-0.3, -0.25) is 4.79 Å². The second kappa shape index (κ2) is 4.14. The Morgan fingerprint density at radius 2 is 2.18 bits per heavy atom. The van der Waals surface area contributed by atoms with Gasteiger partial charge in [0.25, 0.3) is 5.56 Å². The summed E-state index contributed by atoms with van der Waals surface area (Å²) in [5, 5.41) is 13.0. The molecule has 2 heterocycles. The van der Waals surface area contributed by atoms with E-state index in [1.807, 2.05) is 13.0 Å². The first-order valence-corrected chi connectivity index (χ1v) is 5.68. The van der Waals surface area contributed by atoms with Crippen molar-refractivity contribution in [2.45, 2.75) is 6.92 Å². The van der Waals surface area contributed by atoms with E-state index in [-0.39, 0.29) is 5.56 Å². The van der Waals surface area contributed by atoms with Crippen molar-refractivity contribution < 1.29 is 9.90 Å². The van der Waals surface area contributed by atoms with Crippen molar-refractivity contribution >= 4 is 17.3 Å². The Morgan fingerprint density at radius 1 is 1.47 bits per heavy atom. The largest absolute Gasteiger partial charge is 0.477 e. The smallest absolute Gasteiger partial charge is 0.342 e. The molecule has 0 amide bonds. The zero-order valence-electron chi connectivity index (χ0n) is 9.30. The van der Waals surface area contributed by atoms with Gasteiger partial charge in [0.15, 0.2) is 0 Å². The Hall–Kier alpha value is -1.95. The molecule has 0 radical (unpaired) electrons. The average Bonchev–Trinajstić information content (AvgIpc) is 2.68. The van der Waals surface area contributed by atoms with Crippen molar-refractivity contribution in [3.05, 3.63) is 39.1 Å². The van der Waals surface area contributed by atoms with E-state index in [0.717, 1.165) is 14.4 Å². The van der Waals surface area contributed by atoms with Crippen LogP contribution in [0, 0.1) is 6.92 Å². The van der Waals surface area contributed by atoms with Crippen LogP contribution in [-0.4, -0.2) is 20.9 Å². The van der Waals surface area contributed by atoms with Crippen LogP contribution in [0.25, 0.3) is 10.4 Å². The first-order valence-electron chi connectivity index (χ1n) is 4.87. The summed E-state index contributed by atoms with van der Waals surface area (Å²) in [7, 11) is 1.43. The molecule has 0 aliphatic heterocycles. The Kier molecular flexibility index (Phi) is 2.81. The molecule has 0 bridgehead atoms. The molecule has 2 rings (SSSR count). The summed E-state index contributed by atoms with van der Waals surface area (Å²) in [4.78, 5) is 24.7. The minimum atomic E-state index is -1.23. The predicted molar refractivity (Wildman–Crippen MR) is 64.5 cm³/mol. The molecule has 6 heteroatoms. The average molecular weight is 250 g/mol. The molecule has 1 N–H and O–H groups in total. The third kappa shape index (κ3) is 1.99. The van der Waals surface area contributed by atoms with Gasteiger partial charge in [-0.15, -0.1) is 11.3 Å². The van der Waals surface area contributed by atoms with Crippen molar-refractivity contribution in [1.29, 1.82) is 0 Å². The summed E-state index contributed by atoms with van der Waals surface area (Å²) >= 11 is 1.44. The van der Waals surface area contributed by atoms with E-state index in [1.165, 1.54) is 24.6 Å². The standard InChI is InChI=1S/C11H10N2O3S/c1-6-3-4-8(17-6)7-5-12-13(2)10(14)9(7)11(15)16/h3-5H,1-2H3,(H,15,16). The molecule has 0 aliphatic rings. The van der Waals surface area contributed by atoms with Crippen LogP contribution in [0.15, 0.2) is 23.1 Å². The number of hydrogen-bond donors (Lipinski definition) is 1. The number of hydrogen-bond acceptors (Lipinski definition) is 4. The number of aromatic nitrogens is 2. The highest BCUT2D eigenvalue weighted by atomic mass is 32.1. The number of rotatable bonds is 2. The van der Waals surface area contributed by atoms with E-state index in [2.05, 4.69) is 5.10 Å². The van der Waals surface area contributed by atoms with Gasteiger partial charge in [-0.25, -0.2) is 9.48 Å². The van der Waals surface area contributed by atoms with E-state index in [1.54, 1.807) is 6.07 Å². The van der Waals surface area contributed by atoms with Crippen molar-refractivity contribution in [3.8, 4) is 10.4 Å². The van der Waals surface area contributed by atoms with Crippen LogP contribution in [0.5, 0.6) is 0 Å². The number of carboxylic acids is 1. The van der Waals surface area contributed by atoms with Crippen LogP contribution in [0.2, 0.25) is 0 Å². The lowest BCUT2D eigenvalue weighted by Crippen LogP contribution is -2.26. The van der Waals surface area contributed by atoms with E-state index in [0.29, 0.717) is 5.56 Å². The Balaban J connectivity index is 2.74. The first kappa shape index (κ1) is 11.5. The zero-order chi connectivity index (χ0) is 12.6. The highest BCUT2D eigenvalue weighted by Crippen LogP contribution is 2.28. The van der Waals surface area contributed by atoms with Crippen LogP contribution in [0.1, 0.15) is 15.2 Å². The molecule has 88 valence electrons. The predicted octanol–water partition coefficient (Wildman–Crippen LogP) is 1.52. The van der Waals surface area contributed by atoms with Gasteiger partial charge in [-0.05, 0) is 19.1 Å². The quantitative estimate of drug-likeness (QED) is 0.877. The summed E-state index contributed by atoms with van der Waals surface area (Å²) < 4.78 is 1.02. The number of thiophene rings is 1. The molecule has 0 spiro atoms. The highest BCUT2D eigenvalue weighted by molar-refractivity contribution is 7.15. The lowest BCUT2D eigenvalue weighted by molar-refractivity contribution is 0.0695. The highest BCUT2D eigenvalue weighted by Gasteiger charge is 2.18. The fraction of sp³-hybridized carbons (Fsp3) is 0.182. The first-order chi connectivity index (χ1) is 8.00. The zero-order valence-corrected chi connectivity index (χ0v) is 10.1. The fourth-order valence-electron chi connectivity index (χ4n) is 1.51. The number of nitrogens with zero attached hydrogens (tertiary/aromatic N) is 2. The van der Waals surface area contributed by atoms with Gasteiger partial charge in [0.2, 0.25) is 0 Å². The molecule has 5 nitrogen and oxygen atoms in total. The molecule has 0 aliphatic carbocycles. The van der Waals surface area contributed by atoms with Crippen LogP contribution < -0.4 is 5.56 Å². The molecule has 0 saturated heterocycles. The maximum atomic E-state index is 11.7. The van der Waals surface area contributed by atoms with Crippen LogP contribution in [-0.2, 0) is 7.05 Å². The monoisotopic (exact) mass is 250 g/mol. The molecule has 0 saturated carbocycles. The van der Waals surface area contributed by atoms with Gasteiger partial charge in [0.1, 0.15) is 5.56 Å². The van der Waals surface area contributed by atoms with Crippen molar-refractivity contribution in [2.24, 2.45) is 7.05 Å². The van der Waals surface area contributed by atoms with Crippen molar-refractivity contribution in [3.63, 3.8) is 0 Å². The van der Waals surface area contributed by atoms with Gasteiger partial charge in [-0.2, -0.15) is 5.10 Å². The maximum absolute atomic E-state index is 11.7. The van der Waals surface area contributed by atoms with E-state index >= 15 is 0 Å². The maximum Gasteiger partial charge on any atom is 0.342 e. The van der Waals surface area contributed by atoms with Gasteiger partial charge >= 0.3 is 5.97 Å². The third-order valence-corrected chi connectivity index (χ3v) is 3.39. The normalized spacial score (nSPS) is 10.5. The second-order valence-corrected chi connectivity index (χ2v) is 4.87. The van der Waals surface area contributed by atoms with Gasteiger partial charge < -0.3 is 5.11 Å². The SMILES string of the molecule is Cc1ccc(-c2cnn(C)c(=O)c2C(=O)O)s1. The van der Waals surface area contributed by atoms with Crippen LogP contribution >= 0.6 is 11.3 Å². The molecule has 0 atom stereocenters. The van der Waals surface area contributed by atoms with E-state index < -0.39 is 11.5 Å². The topological polar surface area (TPSA) is 72.2 Å². The molecule has 2 aromatic rings. The molecule has 0 aromatic carbocycles. The summed E-state index contributed by atoms with van der Waals surface area (Å²) in [5.74, 6) is -1.23. The fourth-order valence-corrected chi connectivity index (χ4v) is 2.39. The molecule has 17 heavy (non-hydrogen) atoms. The summed E-state index contributed by atoms with van der Waals surface area (Å²) in [6.45, 7) is 1.92. The molecule has 0 unspecified atom stereocenters. The number of carboxylic acid groups (broad SMARTS) is 1. The molecular weight excluding hydrogens is 240 g/mol. The number of aryl methyl sites for hydroxylation is 2. The summed E-state index contributed by atoms with van der Waals surface area (Å²) in [6, 6.07) is 3.67. The van der Waals surface area contributed by atoms with Crippen molar-refractivity contribution in [2.75, 3.05) is 0 Å².